The summed E-state index contributed by atoms with van der Waals surface area (Å²) in [6.45, 7) is 0. The minimum Gasteiger partial charge on any atom is -0.497 e. The molecule has 0 spiro atoms. The summed E-state index contributed by atoms with van der Waals surface area (Å²) < 4.78 is 12.3. The van der Waals surface area contributed by atoms with Crippen LogP contribution < -0.4 is 14.8 Å². The number of ether oxygens (including phenoxy) is 2. The van der Waals surface area contributed by atoms with E-state index in [1.807, 2.05) is 35.0 Å². The molecule has 24 heavy (non-hydrogen) atoms. The quantitative estimate of drug-likeness (QED) is 0.783. The third kappa shape index (κ3) is 3.38. The number of imidazole rings is 1. The number of anilines is 1. The van der Waals surface area contributed by atoms with E-state index in [-0.39, 0.29) is 5.91 Å². The second kappa shape index (κ2) is 6.87. The Kier molecular flexibility index (Phi) is 4.47. The van der Waals surface area contributed by atoms with Gasteiger partial charge in [0.2, 0.25) is 0 Å². The van der Waals surface area contributed by atoms with Crippen LogP contribution >= 0.6 is 0 Å². The van der Waals surface area contributed by atoms with Crippen LogP contribution in [0.5, 0.6) is 11.5 Å². The molecule has 0 aliphatic rings. The molecule has 0 saturated carbocycles. The van der Waals surface area contributed by atoms with E-state index >= 15 is 0 Å². The van der Waals surface area contributed by atoms with Crippen LogP contribution in [0.1, 0.15) is 10.4 Å². The standard InChI is InChI=1S/C18H17N3O3/c1-23-16-9-13(10-17(11-16)24-2)18(22)20-14-3-5-15(6-4-14)21-8-7-19-12-21/h3-12H,1-2H3,(H,20,22). The molecule has 122 valence electrons. The van der Waals surface area contributed by atoms with Gasteiger partial charge in [0, 0.05) is 35.4 Å². The van der Waals surface area contributed by atoms with Crippen LogP contribution in [-0.2, 0) is 0 Å². The first-order valence-electron chi connectivity index (χ1n) is 7.32. The number of amides is 1. The monoisotopic (exact) mass is 323 g/mol. The predicted octanol–water partition coefficient (Wildman–Crippen LogP) is 3.14. The van der Waals surface area contributed by atoms with Gasteiger partial charge in [0.15, 0.2) is 0 Å². The Labute approximate surface area is 139 Å². The van der Waals surface area contributed by atoms with Gasteiger partial charge in [-0.2, -0.15) is 0 Å². The Hall–Kier alpha value is -3.28. The number of nitrogens with one attached hydrogen (secondary N) is 1. The summed E-state index contributed by atoms with van der Waals surface area (Å²) in [5, 5.41) is 2.86. The van der Waals surface area contributed by atoms with E-state index in [4.69, 9.17) is 9.47 Å². The van der Waals surface area contributed by atoms with Gasteiger partial charge in [0.05, 0.1) is 20.5 Å². The fraction of sp³-hybridized carbons (Fsp3) is 0.111. The number of hydrogen-bond acceptors (Lipinski definition) is 4. The van der Waals surface area contributed by atoms with E-state index in [1.165, 1.54) is 0 Å². The van der Waals surface area contributed by atoms with Crippen molar-refractivity contribution in [2.75, 3.05) is 19.5 Å². The zero-order valence-corrected chi connectivity index (χ0v) is 13.4. The van der Waals surface area contributed by atoms with Gasteiger partial charge in [-0.25, -0.2) is 4.98 Å². The van der Waals surface area contributed by atoms with Crippen molar-refractivity contribution in [1.82, 2.24) is 9.55 Å². The number of nitrogens with zero attached hydrogens (tertiary/aromatic N) is 2. The molecule has 1 aromatic heterocycles. The van der Waals surface area contributed by atoms with Gasteiger partial charge >= 0.3 is 0 Å². The molecule has 0 bridgehead atoms. The van der Waals surface area contributed by atoms with Crippen molar-refractivity contribution in [3.63, 3.8) is 0 Å². The van der Waals surface area contributed by atoms with E-state index in [0.29, 0.717) is 22.7 Å². The zero-order chi connectivity index (χ0) is 16.9. The van der Waals surface area contributed by atoms with Gasteiger partial charge in [0.25, 0.3) is 5.91 Å². The van der Waals surface area contributed by atoms with Crippen molar-refractivity contribution in [2.24, 2.45) is 0 Å². The highest BCUT2D eigenvalue weighted by Crippen LogP contribution is 2.23. The number of carbonyl (C=O) groups is 1. The molecule has 0 atom stereocenters. The number of methoxy groups -OCH3 is 2. The normalized spacial score (nSPS) is 10.2. The molecular formula is C18H17N3O3. The maximum absolute atomic E-state index is 12.4. The van der Waals surface area contributed by atoms with Crippen LogP contribution in [0.3, 0.4) is 0 Å². The lowest BCUT2D eigenvalue weighted by Crippen LogP contribution is -2.12. The molecule has 0 fully saturated rings. The lowest BCUT2D eigenvalue weighted by Gasteiger charge is -2.10. The first-order chi connectivity index (χ1) is 11.7. The molecule has 0 radical (unpaired) electrons. The zero-order valence-electron chi connectivity index (χ0n) is 13.4. The molecule has 0 aliphatic carbocycles. The molecule has 1 amide bonds. The Morgan fingerprint density at radius 2 is 1.71 bits per heavy atom. The molecule has 1 heterocycles. The maximum atomic E-state index is 12.4. The number of hydrogen-bond donors (Lipinski definition) is 1. The summed E-state index contributed by atoms with van der Waals surface area (Å²) >= 11 is 0. The van der Waals surface area contributed by atoms with Crippen molar-refractivity contribution in [3.8, 4) is 17.2 Å². The van der Waals surface area contributed by atoms with Crippen molar-refractivity contribution < 1.29 is 14.3 Å². The minimum atomic E-state index is -0.234. The van der Waals surface area contributed by atoms with Crippen molar-refractivity contribution in [3.05, 3.63) is 66.7 Å². The Bertz CT molecular complexity index is 805. The van der Waals surface area contributed by atoms with Gasteiger partial charge in [-0.05, 0) is 36.4 Å². The van der Waals surface area contributed by atoms with E-state index in [0.717, 1.165) is 5.69 Å². The second-order valence-corrected chi connectivity index (χ2v) is 5.07. The Morgan fingerprint density at radius 3 is 2.25 bits per heavy atom. The summed E-state index contributed by atoms with van der Waals surface area (Å²) in [6.07, 6.45) is 5.29. The lowest BCUT2D eigenvalue weighted by molar-refractivity contribution is 0.102. The summed E-state index contributed by atoms with van der Waals surface area (Å²) in [6, 6.07) is 12.5. The van der Waals surface area contributed by atoms with Crippen LogP contribution in [-0.4, -0.2) is 29.7 Å². The van der Waals surface area contributed by atoms with Crippen LogP contribution in [0, 0.1) is 0 Å². The van der Waals surface area contributed by atoms with E-state index in [2.05, 4.69) is 10.3 Å². The lowest BCUT2D eigenvalue weighted by atomic mass is 10.1. The number of carbonyl (C=O) groups excluding carboxylic acids is 1. The van der Waals surface area contributed by atoms with Gasteiger partial charge in [-0.1, -0.05) is 0 Å². The van der Waals surface area contributed by atoms with Crippen molar-refractivity contribution in [2.45, 2.75) is 0 Å². The highest BCUT2D eigenvalue weighted by atomic mass is 16.5. The largest absolute Gasteiger partial charge is 0.497 e. The van der Waals surface area contributed by atoms with Crippen molar-refractivity contribution in [1.29, 1.82) is 0 Å². The average Bonchev–Trinajstić information content (AvgIpc) is 3.16. The Morgan fingerprint density at radius 1 is 1.04 bits per heavy atom. The van der Waals surface area contributed by atoms with Crippen LogP contribution in [0.25, 0.3) is 5.69 Å². The topological polar surface area (TPSA) is 65.4 Å². The third-order valence-electron chi connectivity index (χ3n) is 3.54. The molecule has 0 unspecified atom stereocenters. The fourth-order valence-electron chi connectivity index (χ4n) is 2.27. The first-order valence-corrected chi connectivity index (χ1v) is 7.32. The molecule has 6 heteroatoms. The Balaban J connectivity index is 1.77. The third-order valence-corrected chi connectivity index (χ3v) is 3.54. The van der Waals surface area contributed by atoms with E-state index < -0.39 is 0 Å². The van der Waals surface area contributed by atoms with Gasteiger partial charge in [-0.3, -0.25) is 4.79 Å². The molecule has 0 saturated heterocycles. The van der Waals surface area contributed by atoms with Gasteiger partial charge in [0.1, 0.15) is 11.5 Å². The second-order valence-electron chi connectivity index (χ2n) is 5.07. The summed E-state index contributed by atoms with van der Waals surface area (Å²) in [5.41, 5.74) is 2.13. The molecule has 2 aromatic carbocycles. The SMILES string of the molecule is COc1cc(OC)cc(C(=O)Nc2ccc(-n3ccnc3)cc2)c1. The first kappa shape index (κ1) is 15.6. The summed E-state index contributed by atoms with van der Waals surface area (Å²) in [7, 11) is 3.09. The van der Waals surface area contributed by atoms with Gasteiger partial charge < -0.3 is 19.4 Å². The number of aromatic nitrogens is 2. The summed E-state index contributed by atoms with van der Waals surface area (Å²) in [4.78, 5) is 16.4. The molecule has 0 aliphatic heterocycles. The molecule has 3 rings (SSSR count). The number of rotatable bonds is 5. The number of benzene rings is 2. The van der Waals surface area contributed by atoms with Crippen LogP contribution in [0.4, 0.5) is 5.69 Å². The average molecular weight is 323 g/mol. The van der Waals surface area contributed by atoms with Crippen molar-refractivity contribution >= 4 is 11.6 Å². The van der Waals surface area contributed by atoms with Crippen LogP contribution in [0.2, 0.25) is 0 Å². The molecule has 3 aromatic rings. The van der Waals surface area contributed by atoms with Crippen LogP contribution in [0.15, 0.2) is 61.2 Å². The van der Waals surface area contributed by atoms with E-state index in [1.54, 1.807) is 44.9 Å². The maximum Gasteiger partial charge on any atom is 0.255 e. The highest BCUT2D eigenvalue weighted by Gasteiger charge is 2.10. The molecular weight excluding hydrogens is 306 g/mol. The minimum absolute atomic E-state index is 0.234. The fourth-order valence-corrected chi connectivity index (χ4v) is 2.27. The van der Waals surface area contributed by atoms with E-state index in [9.17, 15) is 4.79 Å². The molecule has 1 N–H and O–H groups in total. The smallest absolute Gasteiger partial charge is 0.255 e. The predicted molar refractivity (Wildman–Crippen MR) is 91.1 cm³/mol. The molecule has 6 nitrogen and oxygen atoms in total. The highest BCUT2D eigenvalue weighted by molar-refractivity contribution is 6.04. The van der Waals surface area contributed by atoms with Gasteiger partial charge in [-0.15, -0.1) is 0 Å². The summed E-state index contributed by atoms with van der Waals surface area (Å²) in [5.74, 6) is 0.896.